The first kappa shape index (κ1) is 6.35. The van der Waals surface area contributed by atoms with Crippen molar-refractivity contribution in [1.29, 1.82) is 0 Å². The van der Waals surface area contributed by atoms with Crippen molar-refractivity contribution < 1.29 is 0 Å². The molecule has 0 fully saturated rings. The molecule has 0 unspecified atom stereocenters. The van der Waals surface area contributed by atoms with Crippen LogP contribution >= 0.6 is 15.9 Å². The molecule has 1 aromatic heterocycles. The van der Waals surface area contributed by atoms with Crippen molar-refractivity contribution in [2.45, 2.75) is 0 Å². The Balaban J connectivity index is 3.34. The minimum absolute atomic E-state index is 0.234. The van der Waals surface area contributed by atoms with E-state index in [4.69, 9.17) is 5.73 Å². The Bertz CT molecular complexity index is 268. The van der Waals surface area contributed by atoms with Gasteiger partial charge in [0.05, 0.1) is 10.3 Å². The lowest BCUT2D eigenvalue weighted by atomic mass is 10.4. The molecule has 0 aliphatic heterocycles. The highest BCUT2D eigenvalue weighted by Crippen LogP contribution is 2.02. The molecule has 1 aromatic rings. The Morgan fingerprint density at radius 1 is 1.56 bits per heavy atom. The van der Waals surface area contributed by atoms with Gasteiger partial charge in [-0.2, -0.15) is 0 Å². The van der Waals surface area contributed by atoms with Gasteiger partial charge in [-0.05, 0) is 28.1 Å². The van der Waals surface area contributed by atoms with Crippen molar-refractivity contribution in [2.75, 3.05) is 5.73 Å². The molecule has 0 spiro atoms. The summed E-state index contributed by atoms with van der Waals surface area (Å²) in [5.41, 5.74) is 5.20. The van der Waals surface area contributed by atoms with Crippen LogP contribution in [0.5, 0.6) is 0 Å². The molecular weight excluding hydrogens is 184 g/mol. The molecule has 0 saturated heterocycles. The number of anilines is 1. The Hall–Kier alpha value is -0.770. The van der Waals surface area contributed by atoms with Gasteiger partial charge in [0, 0.05) is 0 Å². The third-order valence-electron chi connectivity index (χ3n) is 0.904. The van der Waals surface area contributed by atoms with E-state index in [9.17, 15) is 4.79 Å². The number of nitrogens with one attached hydrogen (secondary N) is 1. The summed E-state index contributed by atoms with van der Waals surface area (Å²) in [5, 5.41) is 0. The summed E-state index contributed by atoms with van der Waals surface area (Å²) in [6.45, 7) is 0. The molecule has 1 heterocycles. The normalized spacial score (nSPS) is 9.44. The van der Waals surface area contributed by atoms with Crippen molar-refractivity contribution in [1.82, 2.24) is 4.98 Å². The van der Waals surface area contributed by atoms with Crippen molar-refractivity contribution in [2.24, 2.45) is 0 Å². The maximum Gasteiger partial charge on any atom is 0.271 e. The van der Waals surface area contributed by atoms with Crippen LogP contribution in [0.4, 0.5) is 5.69 Å². The first-order valence-electron chi connectivity index (χ1n) is 2.34. The molecule has 0 aromatic carbocycles. The fraction of sp³-hybridized carbons (Fsp3) is 0. The van der Waals surface area contributed by atoms with E-state index in [1.54, 1.807) is 12.1 Å². The second-order valence-corrected chi connectivity index (χ2v) is 2.45. The highest BCUT2D eigenvalue weighted by molar-refractivity contribution is 9.10. The van der Waals surface area contributed by atoms with E-state index < -0.39 is 0 Å². The molecule has 4 heteroatoms. The zero-order valence-corrected chi connectivity index (χ0v) is 6.10. The minimum atomic E-state index is -0.260. The molecule has 0 amide bonds. The van der Waals surface area contributed by atoms with Crippen LogP contribution < -0.4 is 11.3 Å². The Morgan fingerprint density at radius 3 is 2.67 bits per heavy atom. The number of hydrogen-bond donors (Lipinski definition) is 2. The van der Waals surface area contributed by atoms with Crippen molar-refractivity contribution in [3.8, 4) is 0 Å². The van der Waals surface area contributed by atoms with Crippen LogP contribution in [0, 0.1) is 0 Å². The predicted molar refractivity (Wildman–Crippen MR) is 39.2 cm³/mol. The molecule has 0 aliphatic carbocycles. The fourth-order valence-corrected chi connectivity index (χ4v) is 0.773. The molecule has 0 radical (unpaired) electrons. The van der Waals surface area contributed by atoms with Gasteiger partial charge in [0.25, 0.3) is 5.56 Å². The van der Waals surface area contributed by atoms with Crippen LogP contribution in [0.15, 0.2) is 21.5 Å². The van der Waals surface area contributed by atoms with Crippen molar-refractivity contribution in [3.63, 3.8) is 0 Å². The Morgan fingerprint density at radius 2 is 2.22 bits per heavy atom. The van der Waals surface area contributed by atoms with Gasteiger partial charge in [-0.25, -0.2) is 0 Å². The first-order chi connectivity index (χ1) is 4.20. The zero-order valence-electron chi connectivity index (χ0n) is 4.52. The quantitative estimate of drug-likeness (QED) is 0.590. The number of pyridine rings is 1. The molecule has 48 valence electrons. The van der Waals surface area contributed by atoms with Crippen LogP contribution in [-0.2, 0) is 0 Å². The van der Waals surface area contributed by atoms with E-state index in [1.165, 1.54) is 0 Å². The first-order valence-corrected chi connectivity index (χ1v) is 3.14. The van der Waals surface area contributed by atoms with Gasteiger partial charge >= 0.3 is 0 Å². The number of aromatic nitrogens is 1. The van der Waals surface area contributed by atoms with Gasteiger partial charge in [-0.15, -0.1) is 0 Å². The summed E-state index contributed by atoms with van der Waals surface area (Å²) in [7, 11) is 0. The Kier molecular flexibility index (Phi) is 1.57. The van der Waals surface area contributed by atoms with E-state index >= 15 is 0 Å². The SMILES string of the molecule is Nc1ccc(Br)[nH]c1=O. The summed E-state index contributed by atoms with van der Waals surface area (Å²) in [5.74, 6) is 0. The summed E-state index contributed by atoms with van der Waals surface area (Å²) in [4.78, 5) is 13.1. The maximum absolute atomic E-state index is 10.6. The molecular formula is C5H5BrN2O. The Labute approximate surface area is 60.0 Å². The maximum atomic E-state index is 10.6. The topological polar surface area (TPSA) is 58.9 Å². The van der Waals surface area contributed by atoms with Crippen molar-refractivity contribution in [3.05, 3.63) is 27.1 Å². The van der Waals surface area contributed by atoms with Crippen LogP contribution in [0.1, 0.15) is 0 Å². The molecule has 9 heavy (non-hydrogen) atoms. The average Bonchev–Trinajstić information content (AvgIpc) is 1.80. The summed E-state index contributed by atoms with van der Waals surface area (Å²) in [6.07, 6.45) is 0. The minimum Gasteiger partial charge on any atom is -0.394 e. The van der Waals surface area contributed by atoms with E-state index in [0.29, 0.717) is 4.60 Å². The largest absolute Gasteiger partial charge is 0.394 e. The smallest absolute Gasteiger partial charge is 0.271 e. The predicted octanol–water partition coefficient (Wildman–Crippen LogP) is 0.720. The summed E-state index contributed by atoms with van der Waals surface area (Å²) >= 11 is 3.09. The highest BCUT2D eigenvalue weighted by atomic mass is 79.9. The zero-order chi connectivity index (χ0) is 6.85. The summed E-state index contributed by atoms with van der Waals surface area (Å²) in [6, 6.07) is 3.22. The van der Waals surface area contributed by atoms with Gasteiger partial charge in [0.1, 0.15) is 0 Å². The van der Waals surface area contributed by atoms with Crippen molar-refractivity contribution >= 4 is 21.6 Å². The lowest BCUT2D eigenvalue weighted by Crippen LogP contribution is -2.10. The van der Waals surface area contributed by atoms with Crippen LogP contribution in [0.3, 0.4) is 0 Å². The lowest BCUT2D eigenvalue weighted by molar-refractivity contribution is 1.20. The fourth-order valence-electron chi connectivity index (χ4n) is 0.461. The molecule has 0 saturated carbocycles. The molecule has 3 nitrogen and oxygen atoms in total. The molecule has 0 bridgehead atoms. The molecule has 3 N–H and O–H groups in total. The third kappa shape index (κ3) is 1.32. The number of nitrogens with two attached hydrogens (primary N) is 1. The van der Waals surface area contributed by atoms with Gasteiger partial charge in [-0.1, -0.05) is 0 Å². The number of H-pyrrole nitrogens is 1. The molecule has 0 aliphatic rings. The lowest BCUT2D eigenvalue weighted by Gasteiger charge is -1.89. The number of nitrogen functional groups attached to an aromatic ring is 1. The second-order valence-electron chi connectivity index (χ2n) is 1.59. The van der Waals surface area contributed by atoms with Crippen LogP contribution in [-0.4, -0.2) is 4.98 Å². The average molecular weight is 189 g/mol. The van der Waals surface area contributed by atoms with E-state index in [0.717, 1.165) is 0 Å². The second kappa shape index (κ2) is 2.23. The van der Waals surface area contributed by atoms with Gasteiger partial charge in [-0.3, -0.25) is 4.79 Å². The van der Waals surface area contributed by atoms with Gasteiger partial charge in [0.15, 0.2) is 0 Å². The molecule has 0 atom stereocenters. The van der Waals surface area contributed by atoms with E-state index in [2.05, 4.69) is 20.9 Å². The standard InChI is InChI=1S/C5H5BrN2O/c6-4-2-1-3(7)5(9)8-4/h1-2H,7H2,(H,8,9). The number of rotatable bonds is 0. The third-order valence-corrected chi connectivity index (χ3v) is 1.37. The number of hydrogen-bond acceptors (Lipinski definition) is 2. The highest BCUT2D eigenvalue weighted by Gasteiger charge is 1.90. The number of aromatic amines is 1. The monoisotopic (exact) mass is 188 g/mol. The van der Waals surface area contributed by atoms with E-state index in [1.807, 2.05) is 0 Å². The van der Waals surface area contributed by atoms with Crippen LogP contribution in [0.2, 0.25) is 0 Å². The van der Waals surface area contributed by atoms with Gasteiger partial charge < -0.3 is 10.7 Å². The number of halogens is 1. The van der Waals surface area contributed by atoms with Gasteiger partial charge in [0.2, 0.25) is 0 Å². The van der Waals surface area contributed by atoms with E-state index in [-0.39, 0.29) is 11.2 Å². The molecule has 1 rings (SSSR count). The van der Waals surface area contributed by atoms with Crippen LogP contribution in [0.25, 0.3) is 0 Å². The summed E-state index contributed by atoms with van der Waals surface area (Å²) < 4.78 is 0.640.